The van der Waals surface area contributed by atoms with Crippen LogP contribution in [0.2, 0.25) is 0 Å². The molecular weight excluding hydrogens is 372 g/mol. The molecule has 5 aromatic rings. The molecule has 0 saturated carbocycles. The third-order valence-electron chi connectivity index (χ3n) is 5.34. The molecule has 0 spiro atoms. The Morgan fingerprint density at radius 3 is 2.40 bits per heavy atom. The van der Waals surface area contributed by atoms with Gasteiger partial charge in [-0.3, -0.25) is 0 Å². The molecule has 0 amide bonds. The minimum atomic E-state index is 0.670. The quantitative estimate of drug-likeness (QED) is 0.445. The Balaban J connectivity index is 1.48. The molecule has 30 heavy (non-hydrogen) atoms. The van der Waals surface area contributed by atoms with Crippen LogP contribution in [0.4, 0.5) is 0 Å². The smallest absolute Gasteiger partial charge is 0.180 e. The molecule has 0 saturated heterocycles. The Bertz CT molecular complexity index is 1270. The van der Waals surface area contributed by atoms with Gasteiger partial charge in [0.05, 0.1) is 11.0 Å². The lowest BCUT2D eigenvalue weighted by molar-refractivity contribution is 0.722. The molecule has 0 atom stereocenters. The Hall–Kier alpha value is -3.80. The van der Waals surface area contributed by atoms with E-state index < -0.39 is 0 Å². The molecule has 1 N–H and O–H groups in total. The van der Waals surface area contributed by atoms with Crippen LogP contribution in [-0.2, 0) is 13.0 Å². The second-order valence-electron chi connectivity index (χ2n) is 7.35. The Labute approximate surface area is 174 Å². The normalized spacial score (nSPS) is 11.2. The lowest BCUT2D eigenvalue weighted by atomic mass is 9.98. The number of hydrogen-bond acceptors (Lipinski definition) is 4. The Morgan fingerprint density at radius 1 is 0.867 bits per heavy atom. The fraction of sp³-hybridized carbons (Fsp3) is 0.167. The molecule has 0 aliphatic rings. The van der Waals surface area contributed by atoms with Crippen molar-refractivity contribution in [3.63, 3.8) is 0 Å². The first-order chi connectivity index (χ1) is 14.8. The number of imidazole rings is 1. The summed E-state index contributed by atoms with van der Waals surface area (Å²) in [6.07, 6.45) is 2.06. The predicted molar refractivity (Wildman–Crippen MR) is 118 cm³/mol. The zero-order valence-corrected chi connectivity index (χ0v) is 16.8. The van der Waals surface area contributed by atoms with Gasteiger partial charge in [-0.05, 0) is 45.7 Å². The molecule has 0 fully saturated rings. The summed E-state index contributed by atoms with van der Waals surface area (Å²) in [5, 5.41) is 14.3. The number of tetrazole rings is 1. The van der Waals surface area contributed by atoms with Crippen LogP contribution in [0.5, 0.6) is 0 Å². The first-order valence-electron chi connectivity index (χ1n) is 10.2. The average Bonchev–Trinajstić information content (AvgIpc) is 3.44. The van der Waals surface area contributed by atoms with E-state index in [-0.39, 0.29) is 0 Å². The van der Waals surface area contributed by atoms with Crippen LogP contribution in [0, 0.1) is 0 Å². The van der Waals surface area contributed by atoms with Gasteiger partial charge >= 0.3 is 0 Å². The number of H-pyrrole nitrogens is 1. The molecule has 3 aromatic carbocycles. The summed E-state index contributed by atoms with van der Waals surface area (Å²) in [4.78, 5) is 4.84. The van der Waals surface area contributed by atoms with E-state index in [0.29, 0.717) is 5.82 Å². The van der Waals surface area contributed by atoms with Gasteiger partial charge in [0.25, 0.3) is 0 Å². The highest BCUT2D eigenvalue weighted by molar-refractivity contribution is 5.80. The third-order valence-corrected chi connectivity index (χ3v) is 5.34. The van der Waals surface area contributed by atoms with Crippen LogP contribution in [0.1, 0.15) is 24.7 Å². The summed E-state index contributed by atoms with van der Waals surface area (Å²) in [5.74, 6) is 1.81. The number of nitrogens with zero attached hydrogens (tertiary/aromatic N) is 5. The van der Waals surface area contributed by atoms with E-state index in [0.717, 1.165) is 47.4 Å². The molecule has 148 valence electrons. The molecule has 0 aliphatic carbocycles. The fourth-order valence-corrected chi connectivity index (χ4v) is 3.90. The molecular formula is C24H22N6. The van der Waals surface area contributed by atoms with E-state index in [1.807, 2.05) is 24.3 Å². The van der Waals surface area contributed by atoms with E-state index in [1.54, 1.807) is 0 Å². The highest BCUT2D eigenvalue weighted by Gasteiger charge is 2.12. The van der Waals surface area contributed by atoms with Gasteiger partial charge in [-0.25, -0.2) is 10.1 Å². The molecule has 6 heteroatoms. The van der Waals surface area contributed by atoms with Crippen molar-refractivity contribution in [1.82, 2.24) is 30.2 Å². The number of para-hydroxylation sites is 2. The summed E-state index contributed by atoms with van der Waals surface area (Å²) in [6.45, 7) is 3.00. The SMILES string of the molecule is CCCc1nc2ccccc2n1Cc1ccc(-c2ccccc2-c2nnn[nH]2)cc1. The van der Waals surface area contributed by atoms with Crippen molar-refractivity contribution < 1.29 is 0 Å². The van der Waals surface area contributed by atoms with E-state index in [9.17, 15) is 0 Å². The molecule has 0 radical (unpaired) electrons. The van der Waals surface area contributed by atoms with Gasteiger partial charge in [-0.1, -0.05) is 67.6 Å². The van der Waals surface area contributed by atoms with Crippen LogP contribution >= 0.6 is 0 Å². The molecule has 0 bridgehead atoms. The molecule has 0 aliphatic heterocycles. The van der Waals surface area contributed by atoms with Gasteiger partial charge in [0.15, 0.2) is 5.82 Å². The first kappa shape index (κ1) is 18.2. The van der Waals surface area contributed by atoms with E-state index in [2.05, 4.69) is 80.6 Å². The summed E-state index contributed by atoms with van der Waals surface area (Å²) < 4.78 is 2.34. The van der Waals surface area contributed by atoms with Gasteiger partial charge in [-0.2, -0.15) is 0 Å². The largest absolute Gasteiger partial charge is 0.323 e. The fourth-order valence-electron chi connectivity index (χ4n) is 3.90. The number of nitrogens with one attached hydrogen (secondary N) is 1. The summed E-state index contributed by atoms with van der Waals surface area (Å²) in [7, 11) is 0. The van der Waals surface area contributed by atoms with Gasteiger partial charge in [0.2, 0.25) is 0 Å². The van der Waals surface area contributed by atoms with Crippen molar-refractivity contribution in [3.8, 4) is 22.5 Å². The standard InChI is InChI=1S/C24H22N6/c1-2-7-23-25-21-10-5-6-11-22(21)30(23)16-17-12-14-18(15-13-17)19-8-3-4-9-20(19)24-26-28-29-27-24/h3-6,8-15H,2,7,16H2,1H3,(H,26,27,28,29). The predicted octanol–water partition coefficient (Wildman–Crippen LogP) is 4.88. The maximum Gasteiger partial charge on any atom is 0.180 e. The molecule has 0 unspecified atom stereocenters. The molecule has 6 nitrogen and oxygen atoms in total. The van der Waals surface area contributed by atoms with E-state index in [4.69, 9.17) is 4.98 Å². The Morgan fingerprint density at radius 2 is 1.63 bits per heavy atom. The lowest BCUT2D eigenvalue weighted by Crippen LogP contribution is -2.05. The van der Waals surface area contributed by atoms with Crippen LogP contribution in [-0.4, -0.2) is 30.2 Å². The number of aromatic nitrogens is 6. The molecule has 2 aromatic heterocycles. The summed E-state index contributed by atoms with van der Waals surface area (Å²) in [5.41, 5.74) is 6.72. The van der Waals surface area contributed by atoms with Crippen molar-refractivity contribution in [2.45, 2.75) is 26.3 Å². The number of rotatable bonds is 6. The van der Waals surface area contributed by atoms with E-state index >= 15 is 0 Å². The second kappa shape index (κ2) is 7.91. The third kappa shape index (κ3) is 3.37. The highest BCUT2D eigenvalue weighted by Crippen LogP contribution is 2.30. The number of benzene rings is 3. The second-order valence-corrected chi connectivity index (χ2v) is 7.35. The zero-order valence-electron chi connectivity index (χ0n) is 16.8. The maximum absolute atomic E-state index is 4.84. The van der Waals surface area contributed by atoms with Crippen molar-refractivity contribution in [3.05, 3.63) is 84.2 Å². The zero-order chi connectivity index (χ0) is 20.3. The number of hydrogen-bond donors (Lipinski definition) is 1. The number of aryl methyl sites for hydroxylation is 1. The topological polar surface area (TPSA) is 72.3 Å². The number of fused-ring (bicyclic) bond motifs is 1. The highest BCUT2D eigenvalue weighted by atomic mass is 15.5. The van der Waals surface area contributed by atoms with Crippen molar-refractivity contribution in [2.75, 3.05) is 0 Å². The summed E-state index contributed by atoms with van der Waals surface area (Å²) in [6, 6.07) is 25.2. The lowest BCUT2D eigenvalue weighted by Gasteiger charge is -2.11. The van der Waals surface area contributed by atoms with Crippen molar-refractivity contribution in [2.24, 2.45) is 0 Å². The van der Waals surface area contributed by atoms with Crippen LogP contribution in [0.15, 0.2) is 72.8 Å². The monoisotopic (exact) mass is 394 g/mol. The van der Waals surface area contributed by atoms with Crippen LogP contribution in [0.3, 0.4) is 0 Å². The average molecular weight is 394 g/mol. The Kier molecular flexibility index (Phi) is 4.81. The molecule has 2 heterocycles. The maximum atomic E-state index is 4.84. The summed E-state index contributed by atoms with van der Waals surface area (Å²) >= 11 is 0. The van der Waals surface area contributed by atoms with Gasteiger partial charge in [-0.15, -0.1) is 5.10 Å². The van der Waals surface area contributed by atoms with Crippen molar-refractivity contribution >= 4 is 11.0 Å². The van der Waals surface area contributed by atoms with Crippen molar-refractivity contribution in [1.29, 1.82) is 0 Å². The minimum Gasteiger partial charge on any atom is -0.323 e. The van der Waals surface area contributed by atoms with Crippen LogP contribution in [0.25, 0.3) is 33.5 Å². The first-order valence-corrected chi connectivity index (χ1v) is 10.2. The molecule has 5 rings (SSSR count). The minimum absolute atomic E-state index is 0.670. The van der Waals surface area contributed by atoms with Crippen LogP contribution < -0.4 is 0 Å². The van der Waals surface area contributed by atoms with Gasteiger partial charge in [0, 0.05) is 18.5 Å². The number of aromatic amines is 1. The van der Waals surface area contributed by atoms with E-state index in [1.165, 1.54) is 11.1 Å². The van der Waals surface area contributed by atoms with Gasteiger partial charge < -0.3 is 4.57 Å². The van der Waals surface area contributed by atoms with Gasteiger partial charge in [0.1, 0.15) is 5.82 Å².